The second-order valence-corrected chi connectivity index (χ2v) is 7.77. The summed E-state index contributed by atoms with van der Waals surface area (Å²) in [4.78, 5) is 13.4. The van der Waals surface area contributed by atoms with E-state index in [4.69, 9.17) is 25.7 Å². The Morgan fingerprint density at radius 1 is 1.32 bits per heavy atom. The zero-order valence-electron chi connectivity index (χ0n) is 16.9. The lowest BCUT2D eigenvalue weighted by Gasteiger charge is -2.34. The average molecular weight is 461 g/mol. The third-order valence-corrected chi connectivity index (χ3v) is 5.78. The van der Waals surface area contributed by atoms with E-state index in [0.29, 0.717) is 28.2 Å². The SMILES string of the molecule is CCC(C(=O)NCC#N)(c1ccc(Cl)cc1)n1ccc2c(N(C)OS(=O)O)cccc21. The van der Waals surface area contributed by atoms with E-state index in [2.05, 4.69) is 5.32 Å². The lowest BCUT2D eigenvalue weighted by atomic mass is 9.85. The number of amides is 1. The van der Waals surface area contributed by atoms with Crippen LogP contribution in [0.5, 0.6) is 0 Å². The molecule has 3 rings (SSSR count). The summed E-state index contributed by atoms with van der Waals surface area (Å²) in [7, 11) is 1.52. The van der Waals surface area contributed by atoms with Crippen LogP contribution in [0, 0.1) is 11.3 Å². The van der Waals surface area contributed by atoms with Crippen molar-refractivity contribution in [2.24, 2.45) is 0 Å². The minimum absolute atomic E-state index is 0.127. The first-order valence-corrected chi connectivity index (χ1v) is 10.8. The van der Waals surface area contributed by atoms with E-state index in [1.165, 1.54) is 12.1 Å². The van der Waals surface area contributed by atoms with Gasteiger partial charge in [-0.15, -0.1) is 4.28 Å². The van der Waals surface area contributed by atoms with Gasteiger partial charge in [-0.05, 0) is 42.3 Å². The molecule has 1 aromatic heterocycles. The van der Waals surface area contributed by atoms with Gasteiger partial charge in [0.25, 0.3) is 5.91 Å². The van der Waals surface area contributed by atoms with Gasteiger partial charge in [0.1, 0.15) is 12.1 Å². The van der Waals surface area contributed by atoms with Crippen LogP contribution in [0.15, 0.2) is 54.7 Å². The molecule has 10 heteroatoms. The number of hydroxylamine groups is 1. The Bertz CT molecular complexity index is 1160. The zero-order valence-corrected chi connectivity index (χ0v) is 18.5. The fourth-order valence-electron chi connectivity index (χ4n) is 3.80. The molecule has 0 radical (unpaired) electrons. The van der Waals surface area contributed by atoms with Gasteiger partial charge in [-0.2, -0.15) is 9.47 Å². The third kappa shape index (κ3) is 4.29. The van der Waals surface area contributed by atoms with Gasteiger partial charge in [0.15, 0.2) is 0 Å². The zero-order chi connectivity index (χ0) is 22.6. The number of carbonyl (C=O) groups excluding carboxylic acids is 1. The highest BCUT2D eigenvalue weighted by molar-refractivity contribution is 7.74. The molecule has 2 aromatic carbocycles. The molecule has 0 fully saturated rings. The van der Waals surface area contributed by atoms with Crippen molar-refractivity contribution in [3.63, 3.8) is 0 Å². The molecule has 0 spiro atoms. The number of carbonyl (C=O) groups is 1. The van der Waals surface area contributed by atoms with Crippen LogP contribution in [0.4, 0.5) is 5.69 Å². The average Bonchev–Trinajstić information content (AvgIpc) is 3.18. The highest BCUT2D eigenvalue weighted by Crippen LogP contribution is 2.37. The van der Waals surface area contributed by atoms with E-state index in [1.807, 2.05) is 29.7 Å². The van der Waals surface area contributed by atoms with Crippen LogP contribution in [0.1, 0.15) is 18.9 Å². The van der Waals surface area contributed by atoms with Gasteiger partial charge in [-0.1, -0.05) is 36.7 Å². The number of halogens is 1. The van der Waals surface area contributed by atoms with Gasteiger partial charge >= 0.3 is 11.4 Å². The van der Waals surface area contributed by atoms with E-state index in [-0.39, 0.29) is 12.5 Å². The van der Waals surface area contributed by atoms with Crippen LogP contribution in [0.2, 0.25) is 5.02 Å². The van der Waals surface area contributed by atoms with Gasteiger partial charge < -0.3 is 9.88 Å². The lowest BCUT2D eigenvalue weighted by molar-refractivity contribution is -0.127. The fourth-order valence-corrected chi connectivity index (χ4v) is 4.20. The van der Waals surface area contributed by atoms with E-state index in [0.717, 1.165) is 5.39 Å². The molecule has 0 aliphatic heterocycles. The predicted molar refractivity (Wildman–Crippen MR) is 120 cm³/mol. The summed E-state index contributed by atoms with van der Waals surface area (Å²) in [6.45, 7) is 1.76. The smallest absolute Gasteiger partial charge is 0.325 e. The molecule has 2 unspecified atom stereocenters. The van der Waals surface area contributed by atoms with E-state index < -0.39 is 16.9 Å². The molecule has 2 atom stereocenters. The second-order valence-electron chi connectivity index (χ2n) is 6.75. The molecular formula is C21H21ClN4O4S. The quantitative estimate of drug-likeness (QED) is 0.302. The summed E-state index contributed by atoms with van der Waals surface area (Å²) in [6, 6.07) is 16.1. The van der Waals surface area contributed by atoms with Crippen molar-refractivity contribution in [1.82, 2.24) is 9.88 Å². The van der Waals surface area contributed by atoms with Gasteiger partial charge in [0.2, 0.25) is 0 Å². The Morgan fingerprint density at radius 3 is 2.65 bits per heavy atom. The minimum Gasteiger partial charge on any atom is -0.341 e. The van der Waals surface area contributed by atoms with Crippen LogP contribution in [0.25, 0.3) is 10.9 Å². The normalized spacial score (nSPS) is 13.9. The number of anilines is 1. The summed E-state index contributed by atoms with van der Waals surface area (Å²) >= 11 is 3.59. The molecular weight excluding hydrogens is 440 g/mol. The van der Waals surface area contributed by atoms with Gasteiger partial charge in [-0.3, -0.25) is 9.35 Å². The number of aromatic nitrogens is 1. The van der Waals surface area contributed by atoms with Crippen LogP contribution >= 0.6 is 11.6 Å². The Morgan fingerprint density at radius 2 is 2.03 bits per heavy atom. The largest absolute Gasteiger partial charge is 0.341 e. The molecule has 0 aliphatic carbocycles. The number of nitrogens with zero attached hydrogens (tertiary/aromatic N) is 3. The Labute approximate surface area is 187 Å². The first-order chi connectivity index (χ1) is 14.8. The predicted octanol–water partition coefficient (Wildman–Crippen LogP) is 3.59. The fraction of sp³-hybridized carbons (Fsp3) is 0.238. The summed E-state index contributed by atoms with van der Waals surface area (Å²) in [5.74, 6) is -0.331. The number of fused-ring (bicyclic) bond motifs is 1. The lowest BCUT2D eigenvalue weighted by Crippen LogP contribution is -2.49. The van der Waals surface area contributed by atoms with E-state index in [1.54, 1.807) is 42.6 Å². The molecule has 0 aliphatic rings. The van der Waals surface area contributed by atoms with E-state index in [9.17, 15) is 9.00 Å². The number of rotatable bonds is 8. The molecule has 0 saturated carbocycles. The summed E-state index contributed by atoms with van der Waals surface area (Å²) in [6.07, 6.45) is 2.18. The molecule has 0 saturated heterocycles. The first kappa shape index (κ1) is 22.8. The van der Waals surface area contributed by atoms with Crippen molar-refractivity contribution < 1.29 is 17.8 Å². The molecule has 8 nitrogen and oxygen atoms in total. The van der Waals surface area contributed by atoms with Crippen molar-refractivity contribution in [3.8, 4) is 6.07 Å². The monoisotopic (exact) mass is 460 g/mol. The summed E-state index contributed by atoms with van der Waals surface area (Å²) < 4.78 is 26.9. The number of hydrogen-bond acceptors (Lipinski definition) is 5. The Kier molecular flexibility index (Phi) is 6.97. The summed E-state index contributed by atoms with van der Waals surface area (Å²) in [5, 5.41) is 14.1. The van der Waals surface area contributed by atoms with Crippen molar-refractivity contribution in [2.45, 2.75) is 18.9 Å². The molecule has 162 valence electrons. The molecule has 1 heterocycles. The molecule has 0 bridgehead atoms. The standard InChI is InChI=1S/C21H21ClN4O4S/c1-3-21(20(27)24-13-12-23,15-7-9-16(22)10-8-15)26-14-11-17-18(5-4-6-19(17)26)25(2)30-31(28)29/h4-11,14H,3,13H2,1-2H3,(H,24,27)(H,28,29). The number of benzene rings is 2. The van der Waals surface area contributed by atoms with Crippen LogP contribution < -0.4 is 10.4 Å². The number of hydrogen-bond donors (Lipinski definition) is 2. The first-order valence-electron chi connectivity index (χ1n) is 9.40. The third-order valence-electron chi connectivity index (χ3n) is 5.17. The summed E-state index contributed by atoms with van der Waals surface area (Å²) in [5.41, 5.74) is 0.817. The number of nitrogens with one attached hydrogen (secondary N) is 1. The van der Waals surface area contributed by atoms with E-state index >= 15 is 0 Å². The Balaban J connectivity index is 2.24. The maximum Gasteiger partial charge on any atom is 0.325 e. The molecule has 31 heavy (non-hydrogen) atoms. The maximum atomic E-state index is 13.4. The number of nitriles is 1. The van der Waals surface area contributed by atoms with Gasteiger partial charge in [0.05, 0.1) is 17.3 Å². The Hall–Kier alpha value is -2.90. The molecule has 3 aromatic rings. The highest BCUT2D eigenvalue weighted by atomic mass is 35.5. The molecule has 2 N–H and O–H groups in total. The van der Waals surface area contributed by atoms with Crippen molar-refractivity contribution in [1.29, 1.82) is 5.26 Å². The van der Waals surface area contributed by atoms with Crippen LogP contribution in [-0.2, 0) is 26.0 Å². The van der Waals surface area contributed by atoms with Gasteiger partial charge in [0, 0.05) is 23.7 Å². The van der Waals surface area contributed by atoms with Crippen LogP contribution in [-0.4, -0.2) is 32.8 Å². The maximum absolute atomic E-state index is 13.4. The van der Waals surface area contributed by atoms with Crippen LogP contribution in [0.3, 0.4) is 0 Å². The minimum atomic E-state index is -2.48. The van der Waals surface area contributed by atoms with Crippen molar-refractivity contribution >= 4 is 45.5 Å². The van der Waals surface area contributed by atoms with Crippen molar-refractivity contribution in [3.05, 3.63) is 65.3 Å². The molecule has 1 amide bonds. The van der Waals surface area contributed by atoms with Crippen molar-refractivity contribution in [2.75, 3.05) is 18.7 Å². The highest BCUT2D eigenvalue weighted by Gasteiger charge is 2.41. The van der Waals surface area contributed by atoms with Gasteiger partial charge in [-0.25, -0.2) is 5.06 Å². The topological polar surface area (TPSA) is 108 Å². The second kappa shape index (κ2) is 9.49.